The smallest absolute Gasteiger partial charge is 0.287 e. The number of ether oxygens (including phenoxy) is 1. The molecule has 2 heterocycles. The minimum absolute atomic E-state index is 0.0472. The lowest BCUT2D eigenvalue weighted by Gasteiger charge is -2.30. The van der Waals surface area contributed by atoms with Gasteiger partial charge >= 0.3 is 0 Å². The highest BCUT2D eigenvalue weighted by Crippen LogP contribution is 2.52. The first-order chi connectivity index (χ1) is 12.9. The fourth-order valence-electron chi connectivity index (χ4n) is 4.46. The molecule has 134 valence electrons. The van der Waals surface area contributed by atoms with E-state index in [0.29, 0.717) is 0 Å². The van der Waals surface area contributed by atoms with E-state index < -0.39 is 0 Å². The van der Waals surface area contributed by atoms with Crippen LogP contribution >= 0.6 is 0 Å². The van der Waals surface area contributed by atoms with Crippen molar-refractivity contribution >= 4 is 21.7 Å². The van der Waals surface area contributed by atoms with Gasteiger partial charge in [0.25, 0.3) is 6.33 Å². The monoisotopic (exact) mass is 355 g/mol. The van der Waals surface area contributed by atoms with Gasteiger partial charge in [0, 0.05) is 5.56 Å². The van der Waals surface area contributed by atoms with Gasteiger partial charge < -0.3 is 4.74 Å². The van der Waals surface area contributed by atoms with E-state index in [9.17, 15) is 0 Å². The molecule has 3 nitrogen and oxygen atoms in total. The van der Waals surface area contributed by atoms with Gasteiger partial charge in [0.2, 0.25) is 0 Å². The van der Waals surface area contributed by atoms with Gasteiger partial charge in [-0.15, -0.1) is 0 Å². The van der Waals surface area contributed by atoms with Gasteiger partial charge in [-0.3, -0.25) is 0 Å². The maximum atomic E-state index is 6.60. The number of benzene rings is 3. The number of hydrogen-bond donors (Lipinski definition) is 0. The molecule has 27 heavy (non-hydrogen) atoms. The highest BCUT2D eigenvalue weighted by atomic mass is 16.5. The van der Waals surface area contributed by atoms with Crippen molar-refractivity contribution in [2.24, 2.45) is 7.05 Å². The van der Waals surface area contributed by atoms with Crippen LogP contribution in [0, 0.1) is 6.92 Å². The van der Waals surface area contributed by atoms with Crippen molar-refractivity contribution in [2.45, 2.75) is 33.1 Å². The highest BCUT2D eigenvalue weighted by Gasteiger charge is 2.34. The topological polar surface area (TPSA) is 26.0 Å². The van der Waals surface area contributed by atoms with E-state index in [-0.39, 0.29) is 5.41 Å². The van der Waals surface area contributed by atoms with Crippen LogP contribution in [0.15, 0.2) is 48.8 Å². The lowest BCUT2D eigenvalue weighted by atomic mass is 9.79. The van der Waals surface area contributed by atoms with E-state index in [4.69, 9.17) is 4.74 Å². The van der Waals surface area contributed by atoms with E-state index in [1.165, 1.54) is 33.2 Å². The fraction of sp³-hybridized carbons (Fsp3) is 0.250. The van der Waals surface area contributed by atoms with Crippen LogP contribution in [0.5, 0.6) is 11.5 Å². The summed E-state index contributed by atoms with van der Waals surface area (Å²) in [6.07, 6.45) is 1.90. The average Bonchev–Trinajstić information content (AvgIpc) is 2.63. The van der Waals surface area contributed by atoms with E-state index in [1.807, 2.05) is 18.5 Å². The van der Waals surface area contributed by atoms with Crippen molar-refractivity contribution in [1.82, 2.24) is 4.98 Å². The van der Waals surface area contributed by atoms with Crippen LogP contribution in [-0.4, -0.2) is 4.98 Å². The minimum Gasteiger partial charge on any atom is -0.455 e. The molecule has 0 amide bonds. The largest absolute Gasteiger partial charge is 0.455 e. The Hall–Kier alpha value is -2.94. The lowest BCUT2D eigenvalue weighted by molar-refractivity contribution is -0.662. The summed E-state index contributed by atoms with van der Waals surface area (Å²) in [7, 11) is 2.07. The lowest BCUT2D eigenvalue weighted by Crippen LogP contribution is -2.33. The first-order valence-corrected chi connectivity index (χ1v) is 9.39. The number of hydrogen-bond acceptors (Lipinski definition) is 2. The summed E-state index contributed by atoms with van der Waals surface area (Å²) >= 11 is 0. The molecule has 3 heteroatoms. The minimum atomic E-state index is -0.0472. The molecule has 0 aliphatic carbocycles. The summed E-state index contributed by atoms with van der Waals surface area (Å²) in [4.78, 5) is 4.60. The van der Waals surface area contributed by atoms with E-state index in [1.54, 1.807) is 0 Å². The van der Waals surface area contributed by atoms with Gasteiger partial charge in [-0.2, -0.15) is 0 Å². The average molecular weight is 355 g/mol. The van der Waals surface area contributed by atoms with Gasteiger partial charge in [0.15, 0.2) is 11.2 Å². The van der Waals surface area contributed by atoms with Crippen molar-refractivity contribution in [3.05, 3.63) is 59.9 Å². The maximum Gasteiger partial charge on any atom is 0.287 e. The second-order valence-corrected chi connectivity index (χ2v) is 8.46. The van der Waals surface area contributed by atoms with Crippen LogP contribution in [0.25, 0.3) is 32.9 Å². The summed E-state index contributed by atoms with van der Waals surface area (Å²) in [5, 5.41) is 3.65. The third kappa shape index (κ3) is 2.14. The predicted molar refractivity (Wildman–Crippen MR) is 109 cm³/mol. The molecule has 1 aromatic heterocycles. The first-order valence-electron chi connectivity index (χ1n) is 9.39. The standard InChI is InChI=1S/C24H23N2O/c1-14-15-9-6-7-10-16(15)21(24(2,3)4)23-19(14)22-20-17(25-13-26(22)5)11-8-12-18(20)27-23/h6-13H,1-5H3/q+1. The van der Waals surface area contributed by atoms with Gasteiger partial charge in [-0.25, -0.2) is 4.57 Å². The van der Waals surface area contributed by atoms with E-state index in [0.717, 1.165) is 22.4 Å². The molecule has 0 spiro atoms. The van der Waals surface area contributed by atoms with Crippen molar-refractivity contribution in [2.75, 3.05) is 0 Å². The maximum absolute atomic E-state index is 6.60. The van der Waals surface area contributed by atoms with Gasteiger partial charge in [-0.05, 0) is 45.8 Å². The van der Waals surface area contributed by atoms with Gasteiger partial charge in [0.05, 0.1) is 12.6 Å². The Bertz CT molecular complexity index is 1250. The molecular weight excluding hydrogens is 332 g/mol. The Morgan fingerprint density at radius 3 is 2.44 bits per heavy atom. The molecule has 5 rings (SSSR count). The summed E-state index contributed by atoms with van der Waals surface area (Å²) in [6.45, 7) is 8.99. The molecule has 0 fully saturated rings. The van der Waals surface area contributed by atoms with Crippen LogP contribution < -0.4 is 9.30 Å². The normalized spacial score (nSPS) is 12.9. The van der Waals surface area contributed by atoms with Crippen LogP contribution in [0.2, 0.25) is 0 Å². The zero-order chi connectivity index (χ0) is 18.9. The molecule has 0 bridgehead atoms. The zero-order valence-corrected chi connectivity index (χ0v) is 16.4. The molecule has 0 atom stereocenters. The Morgan fingerprint density at radius 2 is 1.70 bits per heavy atom. The molecule has 1 aliphatic rings. The molecule has 0 radical (unpaired) electrons. The molecule has 4 aromatic rings. The number of fused-ring (bicyclic) bond motifs is 3. The van der Waals surface area contributed by atoms with E-state index in [2.05, 4.69) is 74.6 Å². The quantitative estimate of drug-likeness (QED) is 0.338. The molecular formula is C24H23N2O+. The molecule has 1 aliphatic heterocycles. The highest BCUT2D eigenvalue weighted by molar-refractivity contribution is 6.05. The number of aryl methyl sites for hydroxylation is 2. The summed E-state index contributed by atoms with van der Waals surface area (Å²) < 4.78 is 8.72. The summed E-state index contributed by atoms with van der Waals surface area (Å²) in [6, 6.07) is 14.8. The second-order valence-electron chi connectivity index (χ2n) is 8.46. The van der Waals surface area contributed by atoms with Crippen LogP contribution in [0.3, 0.4) is 0 Å². The Labute approximate surface area is 159 Å². The third-order valence-corrected chi connectivity index (χ3v) is 5.59. The predicted octanol–water partition coefficient (Wildman–Crippen LogP) is 5.59. The molecule has 0 N–H and O–H groups in total. The number of rotatable bonds is 0. The fourth-order valence-corrected chi connectivity index (χ4v) is 4.46. The third-order valence-electron chi connectivity index (χ3n) is 5.59. The molecule has 0 saturated heterocycles. The van der Waals surface area contributed by atoms with Gasteiger partial charge in [0.1, 0.15) is 16.9 Å². The first kappa shape index (κ1) is 16.2. The Morgan fingerprint density at radius 1 is 0.963 bits per heavy atom. The van der Waals surface area contributed by atoms with Crippen molar-refractivity contribution in [3.63, 3.8) is 0 Å². The molecule has 0 saturated carbocycles. The van der Waals surface area contributed by atoms with Crippen LogP contribution in [0.4, 0.5) is 0 Å². The van der Waals surface area contributed by atoms with Crippen LogP contribution in [-0.2, 0) is 12.5 Å². The summed E-state index contributed by atoms with van der Waals surface area (Å²) in [5.41, 5.74) is 5.81. The van der Waals surface area contributed by atoms with Crippen molar-refractivity contribution < 1.29 is 9.30 Å². The zero-order valence-electron chi connectivity index (χ0n) is 16.4. The van der Waals surface area contributed by atoms with E-state index >= 15 is 0 Å². The second kappa shape index (κ2) is 5.29. The van der Waals surface area contributed by atoms with Gasteiger partial charge in [-0.1, -0.05) is 51.1 Å². The molecule has 3 aromatic carbocycles. The number of aromatic nitrogens is 2. The number of nitrogens with zero attached hydrogens (tertiary/aromatic N) is 2. The van der Waals surface area contributed by atoms with Crippen LogP contribution in [0.1, 0.15) is 31.9 Å². The Kier molecular flexibility index (Phi) is 3.18. The molecule has 0 unspecified atom stereocenters. The van der Waals surface area contributed by atoms with Crippen molar-refractivity contribution in [3.8, 4) is 22.8 Å². The SMILES string of the molecule is Cc1c2c(c(C(C)(C)C)c3ccccc13)Oc1cccc3nc[n+](C)c-2c13. The van der Waals surface area contributed by atoms with Crippen molar-refractivity contribution in [1.29, 1.82) is 0 Å². The summed E-state index contributed by atoms with van der Waals surface area (Å²) in [5.74, 6) is 1.87. The Balaban J connectivity index is 2.07.